The fraction of sp³-hybridized carbons (Fsp3) is 0. The maximum atomic E-state index is 12.6. The average Bonchev–Trinajstić information content (AvgIpc) is 2.68. The first-order valence-electron chi connectivity index (χ1n) is 7.81. The Morgan fingerprint density at radius 2 is 1.57 bits per heavy atom. The number of hydrogen-bond acceptors (Lipinski definition) is 7. The number of nitrogens with one attached hydrogen (secondary N) is 4. The maximum absolute atomic E-state index is 12.6. The van der Waals surface area contributed by atoms with E-state index in [0.717, 1.165) is 16.9 Å². The van der Waals surface area contributed by atoms with Crippen molar-refractivity contribution < 1.29 is 4.92 Å². The summed E-state index contributed by atoms with van der Waals surface area (Å²) < 4.78 is 0. The normalized spacial score (nSPS) is 11.0. The Morgan fingerprint density at radius 1 is 0.893 bits per heavy atom. The van der Waals surface area contributed by atoms with E-state index in [1.807, 2.05) is 5.10 Å². The summed E-state index contributed by atoms with van der Waals surface area (Å²) in [6.07, 6.45) is 0. The molecule has 0 radical (unpaired) electrons. The topological polar surface area (TPSA) is 176 Å². The van der Waals surface area contributed by atoms with Crippen molar-refractivity contribution in [2.75, 3.05) is 5.43 Å². The van der Waals surface area contributed by atoms with E-state index in [1.165, 1.54) is 12.1 Å². The molecule has 2 aromatic heterocycles. The van der Waals surface area contributed by atoms with Crippen LogP contribution in [0.25, 0.3) is 21.5 Å². The van der Waals surface area contributed by atoms with Crippen LogP contribution in [-0.4, -0.2) is 25.0 Å². The monoisotopic (exact) mass is 382 g/mol. The number of rotatable bonds is 3. The molecule has 0 unspecified atom stereocenters. The Kier molecular flexibility index (Phi) is 3.66. The van der Waals surface area contributed by atoms with Crippen LogP contribution in [-0.2, 0) is 0 Å². The van der Waals surface area contributed by atoms with Crippen LogP contribution in [0.5, 0.6) is 0 Å². The molecular formula is C16H10N6O6. The van der Waals surface area contributed by atoms with Crippen molar-refractivity contribution in [2.45, 2.75) is 0 Å². The molecule has 12 nitrogen and oxygen atoms in total. The number of H-pyrrole nitrogens is 3. The summed E-state index contributed by atoms with van der Waals surface area (Å²) in [4.78, 5) is 59.9. The van der Waals surface area contributed by atoms with Crippen LogP contribution >= 0.6 is 0 Å². The van der Waals surface area contributed by atoms with Crippen LogP contribution in [0.1, 0.15) is 0 Å². The number of nitrogens with zero attached hydrogens (tertiary/aromatic N) is 2. The van der Waals surface area contributed by atoms with Crippen molar-refractivity contribution in [3.63, 3.8) is 0 Å². The summed E-state index contributed by atoms with van der Waals surface area (Å²) in [6.45, 7) is 0. The number of non-ortho nitro benzene ring substituents is 1. The number of hydrogen-bond donors (Lipinski definition) is 4. The lowest BCUT2D eigenvalue weighted by Crippen LogP contribution is -2.34. The van der Waals surface area contributed by atoms with Gasteiger partial charge in [0, 0.05) is 6.07 Å². The van der Waals surface area contributed by atoms with Crippen LogP contribution in [0.15, 0.2) is 55.6 Å². The second-order valence-corrected chi connectivity index (χ2v) is 5.82. The summed E-state index contributed by atoms with van der Waals surface area (Å²) in [5.74, 6) is 0. The molecule has 0 fully saturated rings. The van der Waals surface area contributed by atoms with Crippen molar-refractivity contribution in [1.82, 2.24) is 20.1 Å². The molecule has 2 heterocycles. The van der Waals surface area contributed by atoms with Gasteiger partial charge in [-0.1, -0.05) is 12.1 Å². The minimum atomic E-state index is -0.843. The average molecular weight is 382 g/mol. The van der Waals surface area contributed by atoms with Gasteiger partial charge in [-0.25, -0.2) is 5.10 Å². The Balaban J connectivity index is 1.97. The van der Waals surface area contributed by atoms with E-state index in [9.17, 15) is 29.3 Å². The SMILES string of the molecule is O=c1[nH]n(Nc2cc([N+](=O)[O-])c3c(=O)[nH][nH]c(=O)c3c2)c(=O)c2ccccc12. The van der Waals surface area contributed by atoms with Crippen LogP contribution < -0.4 is 27.7 Å². The molecule has 0 spiro atoms. The molecule has 0 amide bonds. The van der Waals surface area contributed by atoms with Crippen molar-refractivity contribution in [3.8, 4) is 0 Å². The number of aromatic amines is 3. The van der Waals surface area contributed by atoms with Gasteiger partial charge in [-0.05, 0) is 18.2 Å². The molecule has 4 N–H and O–H groups in total. The van der Waals surface area contributed by atoms with E-state index >= 15 is 0 Å². The van der Waals surface area contributed by atoms with Crippen molar-refractivity contribution in [2.24, 2.45) is 0 Å². The molecule has 4 rings (SSSR count). The lowest BCUT2D eigenvalue weighted by molar-refractivity contribution is -0.383. The van der Waals surface area contributed by atoms with E-state index < -0.39 is 38.2 Å². The quantitative estimate of drug-likeness (QED) is 0.285. The second-order valence-electron chi connectivity index (χ2n) is 5.82. The summed E-state index contributed by atoms with van der Waals surface area (Å²) in [6, 6.07) is 8.27. The summed E-state index contributed by atoms with van der Waals surface area (Å²) >= 11 is 0. The summed E-state index contributed by atoms with van der Waals surface area (Å²) in [5, 5.41) is 17.4. The van der Waals surface area contributed by atoms with Crippen molar-refractivity contribution >= 4 is 32.9 Å². The van der Waals surface area contributed by atoms with Crippen molar-refractivity contribution in [1.29, 1.82) is 0 Å². The van der Waals surface area contributed by atoms with Crippen molar-refractivity contribution in [3.05, 3.63) is 87.9 Å². The number of fused-ring (bicyclic) bond motifs is 2. The molecule has 0 aliphatic rings. The predicted molar refractivity (Wildman–Crippen MR) is 99.7 cm³/mol. The zero-order chi connectivity index (χ0) is 20.0. The highest BCUT2D eigenvalue weighted by Gasteiger charge is 2.19. The Hall–Kier alpha value is -4.48. The molecule has 0 aliphatic carbocycles. The van der Waals surface area contributed by atoms with Crippen LogP contribution in [0.4, 0.5) is 11.4 Å². The minimum Gasteiger partial charge on any atom is -0.276 e. The lowest BCUT2D eigenvalue weighted by Gasteiger charge is -2.10. The largest absolute Gasteiger partial charge is 0.292 e. The van der Waals surface area contributed by atoms with Crippen LogP contribution in [0.3, 0.4) is 0 Å². The molecule has 0 atom stereocenters. The number of benzene rings is 2. The molecule has 0 aliphatic heterocycles. The third-order valence-electron chi connectivity index (χ3n) is 4.13. The summed E-state index contributed by atoms with van der Waals surface area (Å²) in [5.41, 5.74) is -0.952. The third kappa shape index (κ3) is 2.56. The molecule has 28 heavy (non-hydrogen) atoms. The Morgan fingerprint density at radius 3 is 2.29 bits per heavy atom. The van der Waals surface area contributed by atoms with E-state index in [2.05, 4.69) is 15.6 Å². The van der Waals surface area contributed by atoms with Crippen LogP contribution in [0, 0.1) is 10.1 Å². The Labute approximate surface area is 152 Å². The van der Waals surface area contributed by atoms with Gasteiger partial charge in [0.05, 0.1) is 26.8 Å². The van der Waals surface area contributed by atoms with Crippen LogP contribution in [0.2, 0.25) is 0 Å². The summed E-state index contributed by atoms with van der Waals surface area (Å²) in [7, 11) is 0. The highest BCUT2D eigenvalue weighted by Crippen LogP contribution is 2.25. The van der Waals surface area contributed by atoms with E-state index in [0.29, 0.717) is 0 Å². The van der Waals surface area contributed by atoms with Gasteiger partial charge in [-0.3, -0.25) is 44.9 Å². The fourth-order valence-electron chi connectivity index (χ4n) is 2.90. The van der Waals surface area contributed by atoms with Gasteiger partial charge in [0.25, 0.3) is 27.9 Å². The van der Waals surface area contributed by atoms with E-state index in [1.54, 1.807) is 12.1 Å². The highest BCUT2D eigenvalue weighted by molar-refractivity contribution is 5.92. The second kappa shape index (κ2) is 6.05. The van der Waals surface area contributed by atoms with Gasteiger partial charge in [0.2, 0.25) is 0 Å². The number of nitro groups is 1. The van der Waals surface area contributed by atoms with Gasteiger partial charge < -0.3 is 0 Å². The number of aromatic nitrogens is 4. The Bertz CT molecular complexity index is 1510. The molecule has 2 aromatic carbocycles. The smallest absolute Gasteiger partial charge is 0.276 e. The molecular weight excluding hydrogens is 372 g/mol. The molecule has 0 saturated carbocycles. The standard InChI is InChI=1S/C16H10N6O6/c23-13-10-5-7(6-11(22(27)28)12(10)15(25)18-17-13)19-21-16(26)9-4-2-1-3-8(9)14(24)20-21/h1-6,19H,(H,17,23)(H,18,25)(H,20,24). The molecule has 0 saturated heterocycles. The lowest BCUT2D eigenvalue weighted by atomic mass is 10.1. The van der Waals surface area contributed by atoms with Gasteiger partial charge >= 0.3 is 0 Å². The molecule has 12 heteroatoms. The molecule has 4 aromatic rings. The van der Waals surface area contributed by atoms with Gasteiger partial charge in [-0.15, -0.1) is 0 Å². The van der Waals surface area contributed by atoms with E-state index in [-0.39, 0.29) is 21.8 Å². The number of anilines is 1. The number of nitro benzene ring substituents is 1. The molecule has 0 bridgehead atoms. The van der Waals surface area contributed by atoms with Gasteiger partial charge in [0.1, 0.15) is 5.39 Å². The first-order chi connectivity index (χ1) is 13.4. The predicted octanol–water partition coefficient (Wildman–Crippen LogP) is 0.00300. The minimum absolute atomic E-state index is 0.0525. The molecule has 140 valence electrons. The fourth-order valence-corrected chi connectivity index (χ4v) is 2.90. The van der Waals surface area contributed by atoms with Gasteiger partial charge in [0.15, 0.2) is 0 Å². The first kappa shape index (κ1) is 17.0. The first-order valence-corrected chi connectivity index (χ1v) is 7.81. The third-order valence-corrected chi connectivity index (χ3v) is 4.13. The van der Waals surface area contributed by atoms with Gasteiger partial charge in [-0.2, -0.15) is 4.79 Å². The van der Waals surface area contributed by atoms with E-state index in [4.69, 9.17) is 0 Å². The maximum Gasteiger partial charge on any atom is 0.292 e. The highest BCUT2D eigenvalue weighted by atomic mass is 16.6. The zero-order valence-electron chi connectivity index (χ0n) is 13.8. The zero-order valence-corrected chi connectivity index (χ0v) is 13.8.